The zero-order valence-corrected chi connectivity index (χ0v) is 12.0. The number of sulfone groups is 1. The summed E-state index contributed by atoms with van der Waals surface area (Å²) in [5, 5.41) is 0. The van der Waals surface area contributed by atoms with E-state index in [9.17, 15) is 22.0 Å². The highest BCUT2D eigenvalue weighted by Gasteiger charge is 2.32. The molecule has 3 rings (SSSR count). The number of halogens is 2. The number of rotatable bonds is 1. The summed E-state index contributed by atoms with van der Waals surface area (Å²) in [5.74, 6) is -2.94. The number of fused-ring (bicyclic) bond motifs is 1. The maximum Gasteiger partial charge on any atom is 0.191 e. The lowest BCUT2D eigenvalue weighted by atomic mass is 10.0. The lowest BCUT2D eigenvalue weighted by molar-refractivity contribution is 0.103. The lowest BCUT2D eigenvalue weighted by Crippen LogP contribution is -2.24. The Hall–Kier alpha value is -2.34. The first-order valence-electron chi connectivity index (χ1n) is 6.40. The van der Waals surface area contributed by atoms with Gasteiger partial charge in [0.1, 0.15) is 0 Å². The molecular formula is C16H10F2O3S. The quantitative estimate of drug-likeness (QED) is 0.759. The zero-order chi connectivity index (χ0) is 15.9. The van der Waals surface area contributed by atoms with Crippen molar-refractivity contribution in [3.63, 3.8) is 0 Å². The first-order chi connectivity index (χ1) is 10.4. The molecule has 0 N–H and O–H groups in total. The summed E-state index contributed by atoms with van der Waals surface area (Å²) in [6.07, 6.45) is 1.28. The minimum atomic E-state index is -3.62. The van der Waals surface area contributed by atoms with Gasteiger partial charge in [-0.2, -0.15) is 0 Å². The third kappa shape index (κ3) is 2.46. The molecule has 22 heavy (non-hydrogen) atoms. The van der Waals surface area contributed by atoms with Gasteiger partial charge in [-0.05, 0) is 35.9 Å². The Balaban J connectivity index is 2.12. The smallest absolute Gasteiger partial charge is 0.191 e. The molecule has 0 bridgehead atoms. The highest BCUT2D eigenvalue weighted by Crippen LogP contribution is 2.28. The van der Waals surface area contributed by atoms with Gasteiger partial charge in [-0.15, -0.1) is 0 Å². The van der Waals surface area contributed by atoms with Crippen LogP contribution in [0, 0.1) is 11.6 Å². The van der Waals surface area contributed by atoms with Gasteiger partial charge in [0.2, 0.25) is 0 Å². The van der Waals surface area contributed by atoms with E-state index in [2.05, 4.69) is 0 Å². The first kappa shape index (κ1) is 14.6. The average Bonchev–Trinajstić information content (AvgIpc) is 2.48. The van der Waals surface area contributed by atoms with Crippen LogP contribution >= 0.6 is 0 Å². The summed E-state index contributed by atoms with van der Waals surface area (Å²) in [4.78, 5) is 12.4. The molecule has 1 aliphatic heterocycles. The third-order valence-electron chi connectivity index (χ3n) is 3.39. The molecule has 3 nitrogen and oxygen atoms in total. The van der Waals surface area contributed by atoms with Crippen molar-refractivity contribution >= 4 is 21.7 Å². The molecule has 0 saturated carbocycles. The number of hydrogen-bond acceptors (Lipinski definition) is 3. The lowest BCUT2D eigenvalue weighted by Gasteiger charge is -2.17. The first-order valence-corrected chi connectivity index (χ1v) is 8.06. The Bertz CT molecular complexity index is 915. The van der Waals surface area contributed by atoms with Gasteiger partial charge in [0, 0.05) is 11.1 Å². The zero-order valence-electron chi connectivity index (χ0n) is 11.2. The van der Waals surface area contributed by atoms with Gasteiger partial charge in [0.05, 0.1) is 10.6 Å². The number of benzene rings is 2. The van der Waals surface area contributed by atoms with Crippen LogP contribution in [-0.4, -0.2) is 20.0 Å². The molecule has 0 aliphatic carbocycles. The summed E-state index contributed by atoms with van der Waals surface area (Å²) in [6.45, 7) is 0. The third-order valence-corrected chi connectivity index (χ3v) is 5.11. The molecule has 0 aromatic heterocycles. The second-order valence-corrected chi connectivity index (χ2v) is 6.89. The molecule has 0 saturated heterocycles. The van der Waals surface area contributed by atoms with Crippen molar-refractivity contribution in [1.29, 1.82) is 0 Å². The summed E-state index contributed by atoms with van der Waals surface area (Å²) in [5.41, 5.74) is 0.365. The van der Waals surface area contributed by atoms with Gasteiger partial charge in [-0.3, -0.25) is 4.79 Å². The number of carbonyl (C=O) groups excluding carboxylic acids is 1. The molecule has 112 valence electrons. The molecule has 0 unspecified atom stereocenters. The number of hydrogen-bond donors (Lipinski definition) is 0. The molecule has 0 fully saturated rings. The van der Waals surface area contributed by atoms with E-state index < -0.39 is 33.0 Å². The molecule has 0 spiro atoms. The Morgan fingerprint density at radius 1 is 1.00 bits per heavy atom. The summed E-state index contributed by atoms with van der Waals surface area (Å²) < 4.78 is 50.6. The Morgan fingerprint density at radius 2 is 1.73 bits per heavy atom. The largest absolute Gasteiger partial charge is 0.289 e. The standard InChI is InChI=1S/C16H10F2O3S/c17-13-6-5-10(8-14(13)18)7-11-9-22(20,21)15-4-2-1-3-12(15)16(11)19/h1-8H,9H2. The van der Waals surface area contributed by atoms with E-state index in [4.69, 9.17) is 0 Å². The Labute approximate surface area is 125 Å². The van der Waals surface area contributed by atoms with Crippen LogP contribution in [0.2, 0.25) is 0 Å². The Kier molecular flexibility index (Phi) is 3.41. The summed E-state index contributed by atoms with van der Waals surface area (Å²) in [7, 11) is -3.62. The van der Waals surface area contributed by atoms with Crippen molar-refractivity contribution in [1.82, 2.24) is 0 Å². The molecular weight excluding hydrogens is 310 g/mol. The van der Waals surface area contributed by atoms with Gasteiger partial charge >= 0.3 is 0 Å². The molecule has 0 radical (unpaired) electrons. The second kappa shape index (κ2) is 5.14. The normalized spacial score (nSPS) is 18.3. The van der Waals surface area contributed by atoms with Crippen molar-refractivity contribution in [2.75, 3.05) is 5.75 Å². The highest BCUT2D eigenvalue weighted by molar-refractivity contribution is 7.91. The fourth-order valence-corrected chi connectivity index (χ4v) is 3.92. The van der Waals surface area contributed by atoms with E-state index in [0.717, 1.165) is 12.1 Å². The number of carbonyl (C=O) groups is 1. The average molecular weight is 320 g/mol. The number of Topliss-reactive ketones (excluding diaryl/α,β-unsaturated/α-hetero) is 1. The second-order valence-electron chi connectivity index (χ2n) is 4.93. The van der Waals surface area contributed by atoms with Crippen molar-refractivity contribution in [2.45, 2.75) is 4.90 Å². The van der Waals surface area contributed by atoms with Crippen molar-refractivity contribution < 1.29 is 22.0 Å². The number of ketones is 1. The maximum atomic E-state index is 13.2. The van der Waals surface area contributed by atoms with E-state index in [-0.39, 0.29) is 21.6 Å². The predicted molar refractivity (Wildman–Crippen MR) is 77.2 cm³/mol. The minimum absolute atomic E-state index is 0.00226. The van der Waals surface area contributed by atoms with Crippen molar-refractivity contribution in [3.05, 3.63) is 70.8 Å². The fourth-order valence-electron chi connectivity index (χ4n) is 2.36. The monoisotopic (exact) mass is 320 g/mol. The van der Waals surface area contributed by atoms with Gasteiger partial charge in [0.15, 0.2) is 27.3 Å². The van der Waals surface area contributed by atoms with E-state index >= 15 is 0 Å². The molecule has 0 atom stereocenters. The van der Waals surface area contributed by atoms with Gasteiger partial charge in [-0.1, -0.05) is 18.2 Å². The van der Waals surface area contributed by atoms with Gasteiger partial charge in [-0.25, -0.2) is 17.2 Å². The molecule has 1 aliphatic rings. The van der Waals surface area contributed by atoms with Gasteiger partial charge in [0.25, 0.3) is 0 Å². The molecule has 1 heterocycles. The molecule has 6 heteroatoms. The summed E-state index contributed by atoms with van der Waals surface area (Å²) >= 11 is 0. The molecule has 2 aromatic carbocycles. The highest BCUT2D eigenvalue weighted by atomic mass is 32.2. The van der Waals surface area contributed by atoms with Crippen LogP contribution in [0.15, 0.2) is 52.9 Å². The fraction of sp³-hybridized carbons (Fsp3) is 0.0625. The van der Waals surface area contributed by atoms with Crippen molar-refractivity contribution in [2.24, 2.45) is 0 Å². The predicted octanol–water partition coefficient (Wildman–Crippen LogP) is 3.02. The Morgan fingerprint density at radius 3 is 2.45 bits per heavy atom. The van der Waals surface area contributed by atoms with Crippen molar-refractivity contribution in [3.8, 4) is 0 Å². The van der Waals surface area contributed by atoms with Crippen LogP contribution < -0.4 is 0 Å². The van der Waals surface area contributed by atoms with E-state index in [1.807, 2.05) is 0 Å². The topological polar surface area (TPSA) is 51.2 Å². The van der Waals surface area contributed by atoms with Crippen LogP contribution in [0.3, 0.4) is 0 Å². The van der Waals surface area contributed by atoms with Crippen LogP contribution in [0.5, 0.6) is 0 Å². The van der Waals surface area contributed by atoms with Crippen LogP contribution in [0.25, 0.3) is 6.08 Å². The molecule has 2 aromatic rings. The van der Waals surface area contributed by atoms with E-state index in [1.165, 1.54) is 24.3 Å². The van der Waals surface area contributed by atoms with Crippen LogP contribution in [-0.2, 0) is 9.84 Å². The molecule has 0 amide bonds. The van der Waals surface area contributed by atoms with Crippen LogP contribution in [0.1, 0.15) is 15.9 Å². The van der Waals surface area contributed by atoms with E-state index in [0.29, 0.717) is 0 Å². The van der Waals surface area contributed by atoms with Crippen LogP contribution in [0.4, 0.5) is 8.78 Å². The van der Waals surface area contributed by atoms with Gasteiger partial charge < -0.3 is 0 Å². The SMILES string of the molecule is O=C1C(=Cc2ccc(F)c(F)c2)CS(=O)(=O)c2ccccc21. The van der Waals surface area contributed by atoms with E-state index in [1.54, 1.807) is 12.1 Å². The summed E-state index contributed by atoms with van der Waals surface area (Å²) in [6, 6.07) is 9.08. The maximum absolute atomic E-state index is 13.2. The minimum Gasteiger partial charge on any atom is -0.289 e.